The Morgan fingerprint density at radius 3 is 2.04 bits per heavy atom. The molecule has 11 nitrogen and oxygen atoms in total. The zero-order valence-electron chi connectivity index (χ0n) is 14.9. The highest BCUT2D eigenvalue weighted by atomic mass is 16.4. The second-order valence-electron chi connectivity index (χ2n) is 5.92. The van der Waals surface area contributed by atoms with E-state index in [2.05, 4.69) is 16.0 Å². The summed E-state index contributed by atoms with van der Waals surface area (Å²) in [6.45, 7) is 4.33. The van der Waals surface area contributed by atoms with E-state index in [-0.39, 0.29) is 5.92 Å². The molecule has 7 N–H and O–H groups in total. The highest BCUT2D eigenvalue weighted by molar-refractivity contribution is 5.94. The average molecular weight is 374 g/mol. The Hall–Kier alpha value is -2.69. The van der Waals surface area contributed by atoms with Gasteiger partial charge in [0, 0.05) is 0 Å². The first-order valence-corrected chi connectivity index (χ1v) is 8.07. The summed E-state index contributed by atoms with van der Waals surface area (Å²) in [6, 6.07) is -3.55. The van der Waals surface area contributed by atoms with Crippen molar-refractivity contribution in [3.63, 3.8) is 0 Å². The summed E-state index contributed by atoms with van der Waals surface area (Å²) in [4.78, 5) is 57.2. The summed E-state index contributed by atoms with van der Waals surface area (Å²) in [5.41, 5.74) is 5.71. The smallest absolute Gasteiger partial charge is 0.325 e. The van der Waals surface area contributed by atoms with Crippen LogP contribution in [0.5, 0.6) is 0 Å². The van der Waals surface area contributed by atoms with Gasteiger partial charge in [-0.15, -0.1) is 0 Å². The lowest BCUT2D eigenvalue weighted by Crippen LogP contribution is -2.54. The Kier molecular flexibility index (Phi) is 9.89. The minimum Gasteiger partial charge on any atom is -0.481 e. The minimum absolute atomic E-state index is 0.0962. The molecule has 0 aromatic rings. The number of hydrogen-bond acceptors (Lipinski definition) is 6. The van der Waals surface area contributed by atoms with E-state index >= 15 is 0 Å². The summed E-state index contributed by atoms with van der Waals surface area (Å²) in [5.74, 6) is -5.09. The molecule has 0 aliphatic carbocycles. The van der Waals surface area contributed by atoms with Crippen LogP contribution >= 0.6 is 0 Å². The molecule has 0 radical (unpaired) electrons. The van der Waals surface area contributed by atoms with Gasteiger partial charge in [-0.1, -0.05) is 20.3 Å². The van der Waals surface area contributed by atoms with Crippen LogP contribution in [0.3, 0.4) is 0 Å². The Balaban J connectivity index is 4.73. The molecule has 4 atom stereocenters. The van der Waals surface area contributed by atoms with Crippen molar-refractivity contribution in [3.05, 3.63) is 0 Å². The molecule has 0 spiro atoms. The van der Waals surface area contributed by atoms with Gasteiger partial charge in [0.05, 0.1) is 19.0 Å². The standard InChI is InChI=1S/C15H26N4O7/c1-4-7(2)12(16)14(24)17-6-10(20)19-9(5-11(21)22)13(23)18-8(3)15(25)26/h7-9,12H,4-6,16H2,1-3H3,(H,17,24)(H,18,23)(H,19,20)(H,21,22)(H,25,26). The SMILES string of the molecule is CCC(C)C(N)C(=O)NCC(=O)NC(CC(=O)O)C(=O)NC(C)C(=O)O. The summed E-state index contributed by atoms with van der Waals surface area (Å²) in [5, 5.41) is 24.1. The first kappa shape index (κ1) is 23.3. The van der Waals surface area contributed by atoms with Crippen LogP contribution in [0.4, 0.5) is 0 Å². The van der Waals surface area contributed by atoms with Crippen LogP contribution in [-0.4, -0.2) is 64.5 Å². The van der Waals surface area contributed by atoms with E-state index < -0.39 is 60.8 Å². The van der Waals surface area contributed by atoms with Crippen LogP contribution in [0.25, 0.3) is 0 Å². The van der Waals surface area contributed by atoms with Crippen molar-refractivity contribution in [2.24, 2.45) is 11.7 Å². The fourth-order valence-electron chi connectivity index (χ4n) is 1.80. The molecule has 0 aliphatic heterocycles. The van der Waals surface area contributed by atoms with Gasteiger partial charge in [-0.25, -0.2) is 0 Å². The Labute approximate surface area is 150 Å². The first-order chi connectivity index (χ1) is 12.0. The molecule has 0 saturated carbocycles. The summed E-state index contributed by atoms with van der Waals surface area (Å²) >= 11 is 0. The molecule has 148 valence electrons. The molecular weight excluding hydrogens is 348 g/mol. The van der Waals surface area contributed by atoms with Crippen LogP contribution < -0.4 is 21.7 Å². The molecule has 4 unspecified atom stereocenters. The predicted octanol–water partition coefficient (Wildman–Crippen LogP) is -1.98. The van der Waals surface area contributed by atoms with E-state index in [9.17, 15) is 24.0 Å². The first-order valence-electron chi connectivity index (χ1n) is 8.07. The largest absolute Gasteiger partial charge is 0.481 e. The number of aliphatic carboxylic acids is 2. The number of nitrogens with two attached hydrogens (primary N) is 1. The number of amides is 3. The number of carboxylic acid groups (broad SMARTS) is 2. The lowest BCUT2D eigenvalue weighted by molar-refractivity contribution is -0.143. The van der Waals surface area contributed by atoms with Crippen LogP contribution in [0.15, 0.2) is 0 Å². The van der Waals surface area contributed by atoms with Gasteiger partial charge in [-0.2, -0.15) is 0 Å². The molecule has 0 aromatic heterocycles. The molecule has 0 bridgehead atoms. The normalized spacial score (nSPS) is 15.1. The van der Waals surface area contributed by atoms with Crippen molar-refractivity contribution < 1.29 is 34.2 Å². The maximum Gasteiger partial charge on any atom is 0.325 e. The van der Waals surface area contributed by atoms with Crippen molar-refractivity contribution >= 4 is 29.7 Å². The maximum absolute atomic E-state index is 11.9. The molecule has 0 aromatic carbocycles. The summed E-state index contributed by atoms with van der Waals surface area (Å²) in [7, 11) is 0. The number of nitrogens with one attached hydrogen (secondary N) is 3. The molecule has 3 amide bonds. The van der Waals surface area contributed by atoms with Gasteiger partial charge in [0.1, 0.15) is 12.1 Å². The molecule has 0 heterocycles. The summed E-state index contributed by atoms with van der Waals surface area (Å²) in [6.07, 6.45) is -0.0758. The van der Waals surface area contributed by atoms with Crippen LogP contribution in [0.1, 0.15) is 33.6 Å². The van der Waals surface area contributed by atoms with Crippen LogP contribution in [-0.2, 0) is 24.0 Å². The molecule has 0 saturated heterocycles. The fourth-order valence-corrected chi connectivity index (χ4v) is 1.80. The second-order valence-corrected chi connectivity index (χ2v) is 5.92. The van der Waals surface area contributed by atoms with Gasteiger partial charge in [0.15, 0.2) is 0 Å². The molecule has 26 heavy (non-hydrogen) atoms. The van der Waals surface area contributed by atoms with Crippen LogP contribution in [0.2, 0.25) is 0 Å². The Morgan fingerprint density at radius 2 is 1.58 bits per heavy atom. The molecular formula is C15H26N4O7. The number of carbonyl (C=O) groups excluding carboxylic acids is 3. The van der Waals surface area contributed by atoms with Crippen LogP contribution in [0, 0.1) is 5.92 Å². The Morgan fingerprint density at radius 1 is 1.00 bits per heavy atom. The van der Waals surface area contributed by atoms with E-state index in [1.807, 2.05) is 6.92 Å². The Bertz CT molecular complexity index is 552. The zero-order chi connectivity index (χ0) is 20.4. The monoisotopic (exact) mass is 374 g/mol. The third-order valence-electron chi connectivity index (χ3n) is 3.74. The van der Waals surface area contributed by atoms with Gasteiger partial charge in [-0.3, -0.25) is 24.0 Å². The molecule has 0 aliphatic rings. The molecule has 0 fully saturated rings. The summed E-state index contributed by atoms with van der Waals surface area (Å²) < 4.78 is 0. The number of carbonyl (C=O) groups is 5. The van der Waals surface area contributed by atoms with Gasteiger partial charge in [-0.05, 0) is 12.8 Å². The highest BCUT2D eigenvalue weighted by Crippen LogP contribution is 2.04. The van der Waals surface area contributed by atoms with Gasteiger partial charge in [0.2, 0.25) is 17.7 Å². The van der Waals surface area contributed by atoms with E-state index in [4.69, 9.17) is 15.9 Å². The van der Waals surface area contributed by atoms with Crippen molar-refractivity contribution in [2.45, 2.75) is 51.7 Å². The average Bonchev–Trinajstić information content (AvgIpc) is 2.56. The van der Waals surface area contributed by atoms with E-state index in [1.165, 1.54) is 6.92 Å². The second kappa shape index (κ2) is 11.0. The third-order valence-corrected chi connectivity index (χ3v) is 3.74. The van der Waals surface area contributed by atoms with E-state index in [0.717, 1.165) is 0 Å². The van der Waals surface area contributed by atoms with Gasteiger partial charge >= 0.3 is 11.9 Å². The quantitative estimate of drug-likeness (QED) is 0.240. The number of carboxylic acids is 2. The third kappa shape index (κ3) is 8.42. The van der Waals surface area contributed by atoms with Crippen molar-refractivity contribution in [1.29, 1.82) is 0 Å². The molecule has 0 rings (SSSR count). The maximum atomic E-state index is 11.9. The van der Waals surface area contributed by atoms with E-state index in [1.54, 1.807) is 6.92 Å². The number of hydrogen-bond donors (Lipinski definition) is 6. The lowest BCUT2D eigenvalue weighted by atomic mass is 9.99. The minimum atomic E-state index is -1.48. The van der Waals surface area contributed by atoms with Gasteiger partial charge < -0.3 is 31.9 Å². The zero-order valence-corrected chi connectivity index (χ0v) is 14.9. The van der Waals surface area contributed by atoms with Crippen molar-refractivity contribution in [2.75, 3.05) is 6.54 Å². The van der Waals surface area contributed by atoms with Crippen molar-refractivity contribution in [3.8, 4) is 0 Å². The lowest BCUT2D eigenvalue weighted by Gasteiger charge is -2.20. The predicted molar refractivity (Wildman–Crippen MR) is 89.9 cm³/mol. The molecule has 11 heteroatoms. The highest BCUT2D eigenvalue weighted by Gasteiger charge is 2.27. The van der Waals surface area contributed by atoms with Gasteiger partial charge in [0.25, 0.3) is 0 Å². The van der Waals surface area contributed by atoms with E-state index in [0.29, 0.717) is 6.42 Å². The fraction of sp³-hybridized carbons (Fsp3) is 0.667. The van der Waals surface area contributed by atoms with Crippen molar-refractivity contribution in [1.82, 2.24) is 16.0 Å². The number of rotatable bonds is 11. The topological polar surface area (TPSA) is 188 Å².